The molecule has 0 N–H and O–H groups in total. The summed E-state index contributed by atoms with van der Waals surface area (Å²) in [5, 5.41) is 7.33. The molecule has 0 spiro atoms. The zero-order valence-corrected chi connectivity index (χ0v) is 13.3. The van der Waals surface area contributed by atoms with Crippen molar-refractivity contribution in [3.05, 3.63) is 35.7 Å². The van der Waals surface area contributed by atoms with Crippen LogP contribution in [0.4, 0.5) is 18.9 Å². The number of aryl methyl sites for hydroxylation is 1. The SMILES string of the molecule is Cn1nncc1C(=O)N1CC(C)(C)Oc2ccc(C(F)(F)F)cc21. The Morgan fingerprint density at radius 3 is 2.62 bits per heavy atom. The average Bonchev–Trinajstić information content (AvgIpc) is 2.89. The van der Waals surface area contributed by atoms with Crippen LogP contribution < -0.4 is 9.64 Å². The Hall–Kier alpha value is -2.58. The number of halogens is 3. The van der Waals surface area contributed by atoms with Gasteiger partial charge >= 0.3 is 6.18 Å². The third-order valence-corrected chi connectivity index (χ3v) is 3.68. The minimum absolute atomic E-state index is 0.0790. The van der Waals surface area contributed by atoms with Gasteiger partial charge in [-0.3, -0.25) is 9.69 Å². The van der Waals surface area contributed by atoms with E-state index in [9.17, 15) is 18.0 Å². The second-order valence-corrected chi connectivity index (χ2v) is 6.18. The summed E-state index contributed by atoms with van der Waals surface area (Å²) in [5.74, 6) is -0.262. The van der Waals surface area contributed by atoms with Crippen LogP contribution in [0, 0.1) is 0 Å². The van der Waals surface area contributed by atoms with E-state index >= 15 is 0 Å². The van der Waals surface area contributed by atoms with Crippen molar-refractivity contribution in [2.75, 3.05) is 11.4 Å². The number of alkyl halides is 3. The Labute approximate surface area is 135 Å². The van der Waals surface area contributed by atoms with Crippen molar-refractivity contribution in [1.29, 1.82) is 0 Å². The van der Waals surface area contributed by atoms with Gasteiger partial charge in [-0.15, -0.1) is 5.10 Å². The minimum atomic E-state index is -4.51. The van der Waals surface area contributed by atoms with Gasteiger partial charge in [0.1, 0.15) is 17.0 Å². The molecule has 1 aromatic heterocycles. The molecule has 2 heterocycles. The molecule has 9 heteroatoms. The first kappa shape index (κ1) is 16.3. The van der Waals surface area contributed by atoms with E-state index in [4.69, 9.17) is 4.74 Å². The average molecular weight is 340 g/mol. The number of amides is 1. The number of nitrogens with zero attached hydrogens (tertiary/aromatic N) is 4. The third kappa shape index (κ3) is 2.81. The maximum Gasteiger partial charge on any atom is 0.416 e. The zero-order valence-electron chi connectivity index (χ0n) is 13.3. The van der Waals surface area contributed by atoms with Crippen LogP contribution >= 0.6 is 0 Å². The Balaban J connectivity index is 2.10. The largest absolute Gasteiger partial charge is 0.484 e. The van der Waals surface area contributed by atoms with Crippen LogP contribution in [-0.4, -0.2) is 33.0 Å². The molecule has 0 fully saturated rings. The minimum Gasteiger partial charge on any atom is -0.484 e. The van der Waals surface area contributed by atoms with Gasteiger partial charge in [0.05, 0.1) is 24.0 Å². The number of rotatable bonds is 1. The quantitative estimate of drug-likeness (QED) is 0.801. The van der Waals surface area contributed by atoms with Crippen molar-refractivity contribution in [1.82, 2.24) is 15.0 Å². The maximum absolute atomic E-state index is 13.0. The lowest BCUT2D eigenvalue weighted by molar-refractivity contribution is -0.137. The van der Waals surface area contributed by atoms with Crippen LogP contribution in [0.15, 0.2) is 24.4 Å². The molecule has 1 aliphatic heterocycles. The standard InChI is InChI=1S/C15H15F3N4O2/c1-14(2)8-22(13(23)11-7-19-20-21(11)3)10-6-9(15(16,17)18)4-5-12(10)24-14/h4-7H,8H2,1-3H3. The van der Waals surface area contributed by atoms with E-state index in [-0.39, 0.29) is 23.7 Å². The van der Waals surface area contributed by atoms with E-state index < -0.39 is 23.2 Å². The Morgan fingerprint density at radius 1 is 1.33 bits per heavy atom. The first-order chi connectivity index (χ1) is 11.1. The fourth-order valence-electron chi connectivity index (χ4n) is 2.59. The lowest BCUT2D eigenvalue weighted by atomic mass is 10.0. The first-order valence-electron chi connectivity index (χ1n) is 7.15. The number of benzene rings is 1. The van der Waals surface area contributed by atoms with Crippen molar-refractivity contribution in [2.24, 2.45) is 7.05 Å². The number of hydrogen-bond donors (Lipinski definition) is 0. The molecular formula is C15H15F3N4O2. The van der Waals surface area contributed by atoms with Gasteiger partial charge in [-0.1, -0.05) is 5.21 Å². The van der Waals surface area contributed by atoms with E-state index in [1.807, 2.05) is 0 Å². The van der Waals surface area contributed by atoms with E-state index in [0.29, 0.717) is 0 Å². The van der Waals surface area contributed by atoms with Crippen LogP contribution in [0.1, 0.15) is 29.9 Å². The Kier molecular flexibility index (Phi) is 3.54. The summed E-state index contributed by atoms with van der Waals surface area (Å²) in [5.41, 5.74) is -1.33. The number of carbonyl (C=O) groups is 1. The van der Waals surface area contributed by atoms with Gasteiger partial charge < -0.3 is 4.74 Å². The fraction of sp³-hybridized carbons (Fsp3) is 0.400. The number of anilines is 1. The smallest absolute Gasteiger partial charge is 0.416 e. The van der Waals surface area contributed by atoms with E-state index in [2.05, 4.69) is 10.3 Å². The Morgan fingerprint density at radius 2 is 2.04 bits per heavy atom. The van der Waals surface area contributed by atoms with Gasteiger partial charge in [0, 0.05) is 7.05 Å². The zero-order chi connectivity index (χ0) is 17.7. The summed E-state index contributed by atoms with van der Waals surface area (Å²) in [4.78, 5) is 14.1. The molecule has 1 aliphatic rings. The second kappa shape index (κ2) is 5.22. The predicted molar refractivity (Wildman–Crippen MR) is 78.8 cm³/mol. The normalized spacial score (nSPS) is 16.5. The summed E-state index contributed by atoms with van der Waals surface area (Å²) >= 11 is 0. The molecule has 0 saturated heterocycles. The lowest BCUT2D eigenvalue weighted by Gasteiger charge is -2.39. The molecule has 24 heavy (non-hydrogen) atoms. The van der Waals surface area contributed by atoms with Gasteiger partial charge in [-0.2, -0.15) is 13.2 Å². The molecule has 128 valence electrons. The first-order valence-corrected chi connectivity index (χ1v) is 7.15. The molecule has 3 rings (SSSR count). The highest BCUT2D eigenvalue weighted by atomic mass is 19.4. The molecule has 0 radical (unpaired) electrons. The van der Waals surface area contributed by atoms with Gasteiger partial charge in [0.2, 0.25) is 0 Å². The Bertz CT molecular complexity index is 798. The molecule has 0 atom stereocenters. The highest BCUT2D eigenvalue weighted by Crippen LogP contribution is 2.41. The number of fused-ring (bicyclic) bond motifs is 1. The summed E-state index contributed by atoms with van der Waals surface area (Å²) in [6.07, 6.45) is -3.23. The topological polar surface area (TPSA) is 60.2 Å². The van der Waals surface area contributed by atoms with Crippen molar-refractivity contribution in [3.63, 3.8) is 0 Å². The van der Waals surface area contributed by atoms with Crippen LogP contribution in [0.25, 0.3) is 0 Å². The third-order valence-electron chi connectivity index (χ3n) is 3.68. The summed E-state index contributed by atoms with van der Waals surface area (Å²) in [6, 6.07) is 3.10. The monoisotopic (exact) mass is 340 g/mol. The molecular weight excluding hydrogens is 325 g/mol. The molecule has 0 saturated carbocycles. The van der Waals surface area contributed by atoms with Crippen molar-refractivity contribution in [2.45, 2.75) is 25.6 Å². The molecule has 0 unspecified atom stereocenters. The van der Waals surface area contributed by atoms with Gasteiger partial charge in [-0.25, -0.2) is 4.68 Å². The van der Waals surface area contributed by atoms with E-state index in [1.54, 1.807) is 20.9 Å². The predicted octanol–water partition coefficient (Wildman–Crippen LogP) is 2.65. The summed E-state index contributed by atoms with van der Waals surface area (Å²) in [7, 11) is 1.54. The summed E-state index contributed by atoms with van der Waals surface area (Å²) in [6.45, 7) is 3.62. The highest BCUT2D eigenvalue weighted by molar-refractivity contribution is 6.06. The molecule has 6 nitrogen and oxygen atoms in total. The fourth-order valence-corrected chi connectivity index (χ4v) is 2.59. The highest BCUT2D eigenvalue weighted by Gasteiger charge is 2.39. The molecule has 0 aliphatic carbocycles. The van der Waals surface area contributed by atoms with Crippen molar-refractivity contribution in [3.8, 4) is 5.75 Å². The van der Waals surface area contributed by atoms with E-state index in [0.717, 1.165) is 12.1 Å². The van der Waals surface area contributed by atoms with Crippen LogP contribution in [-0.2, 0) is 13.2 Å². The van der Waals surface area contributed by atoms with Crippen molar-refractivity contribution < 1.29 is 22.7 Å². The van der Waals surface area contributed by atoms with Gasteiger partial charge in [-0.05, 0) is 32.0 Å². The number of carbonyl (C=O) groups excluding carboxylic acids is 1. The lowest BCUT2D eigenvalue weighted by Crippen LogP contribution is -2.49. The molecule has 1 amide bonds. The molecule has 1 aromatic carbocycles. The second-order valence-electron chi connectivity index (χ2n) is 6.18. The van der Waals surface area contributed by atoms with E-state index in [1.165, 1.54) is 21.8 Å². The van der Waals surface area contributed by atoms with Crippen LogP contribution in [0.2, 0.25) is 0 Å². The van der Waals surface area contributed by atoms with Crippen LogP contribution in [0.5, 0.6) is 5.75 Å². The van der Waals surface area contributed by atoms with Gasteiger partial charge in [0.15, 0.2) is 0 Å². The van der Waals surface area contributed by atoms with Crippen molar-refractivity contribution >= 4 is 11.6 Å². The number of ether oxygens (including phenoxy) is 1. The molecule has 2 aromatic rings. The number of hydrogen-bond acceptors (Lipinski definition) is 4. The number of aromatic nitrogens is 3. The maximum atomic E-state index is 13.0. The molecule has 0 bridgehead atoms. The van der Waals surface area contributed by atoms with Gasteiger partial charge in [0.25, 0.3) is 5.91 Å². The summed E-state index contributed by atoms with van der Waals surface area (Å²) < 4.78 is 46.0. The van der Waals surface area contributed by atoms with Crippen LogP contribution in [0.3, 0.4) is 0 Å².